The molecular formula is C17H15NO5S. The number of sulfonamides is 1. The minimum Gasteiger partial charge on any atom is -0.478 e. The van der Waals surface area contributed by atoms with Crippen molar-refractivity contribution in [3.8, 4) is 0 Å². The second-order valence-electron chi connectivity index (χ2n) is 4.86. The Morgan fingerprint density at radius 1 is 1.04 bits per heavy atom. The number of carboxylic acids is 1. The van der Waals surface area contributed by atoms with E-state index in [0.717, 1.165) is 0 Å². The lowest BCUT2D eigenvalue weighted by Crippen LogP contribution is -2.18. The molecule has 0 saturated heterocycles. The highest BCUT2D eigenvalue weighted by atomic mass is 32.2. The summed E-state index contributed by atoms with van der Waals surface area (Å²) in [5.41, 5.74) is 1.06. The summed E-state index contributed by atoms with van der Waals surface area (Å²) in [5, 5.41) is 8.83. The Balaban J connectivity index is 2.20. The summed E-state index contributed by atoms with van der Waals surface area (Å²) in [4.78, 5) is 22.9. The first-order valence-electron chi connectivity index (χ1n) is 6.93. The van der Waals surface area contributed by atoms with Crippen LogP contribution in [0.3, 0.4) is 0 Å². The maximum Gasteiger partial charge on any atom is 0.335 e. The number of nitrogens with one attached hydrogen (secondary N) is 1. The summed E-state index contributed by atoms with van der Waals surface area (Å²) >= 11 is 0. The highest BCUT2D eigenvalue weighted by molar-refractivity contribution is 7.89. The number of allylic oxidation sites excluding steroid dienone is 1. The highest BCUT2D eigenvalue weighted by Crippen LogP contribution is 2.13. The molecule has 24 heavy (non-hydrogen) atoms. The summed E-state index contributed by atoms with van der Waals surface area (Å²) in [6, 6.07) is 11.7. The van der Waals surface area contributed by atoms with Crippen molar-refractivity contribution in [3.63, 3.8) is 0 Å². The van der Waals surface area contributed by atoms with Gasteiger partial charge in [-0.15, -0.1) is 0 Å². The summed E-state index contributed by atoms with van der Waals surface area (Å²) < 4.78 is 25.7. The Hall–Kier alpha value is -2.77. The molecule has 0 heterocycles. The van der Waals surface area contributed by atoms with Crippen molar-refractivity contribution in [2.75, 3.05) is 7.05 Å². The van der Waals surface area contributed by atoms with Crippen LogP contribution in [0.15, 0.2) is 59.5 Å². The number of carbonyl (C=O) groups is 2. The largest absolute Gasteiger partial charge is 0.478 e. The van der Waals surface area contributed by atoms with Gasteiger partial charge in [-0.3, -0.25) is 4.79 Å². The van der Waals surface area contributed by atoms with Crippen LogP contribution in [0, 0.1) is 0 Å². The molecule has 2 N–H and O–H groups in total. The van der Waals surface area contributed by atoms with E-state index in [9.17, 15) is 18.0 Å². The van der Waals surface area contributed by atoms with Gasteiger partial charge in [-0.25, -0.2) is 17.9 Å². The topological polar surface area (TPSA) is 101 Å². The van der Waals surface area contributed by atoms with Crippen molar-refractivity contribution < 1.29 is 23.1 Å². The molecule has 0 spiro atoms. The Morgan fingerprint density at radius 2 is 1.71 bits per heavy atom. The number of aromatic carboxylic acids is 1. The Bertz CT molecular complexity index is 899. The van der Waals surface area contributed by atoms with Gasteiger partial charge in [0.15, 0.2) is 5.78 Å². The molecule has 0 aliphatic heterocycles. The number of benzene rings is 2. The minimum atomic E-state index is -3.62. The van der Waals surface area contributed by atoms with Gasteiger partial charge < -0.3 is 5.11 Å². The highest BCUT2D eigenvalue weighted by Gasteiger charge is 2.13. The first kappa shape index (κ1) is 17.6. The quantitative estimate of drug-likeness (QED) is 0.617. The number of hydrogen-bond acceptors (Lipinski definition) is 4. The van der Waals surface area contributed by atoms with Gasteiger partial charge in [0, 0.05) is 5.56 Å². The zero-order valence-electron chi connectivity index (χ0n) is 12.8. The van der Waals surface area contributed by atoms with Crippen LogP contribution < -0.4 is 4.72 Å². The molecule has 0 radical (unpaired) electrons. The SMILES string of the molecule is CNS(=O)(=O)c1cccc(C(=O)/C=C\c2ccc(C(=O)O)cc2)c1. The Morgan fingerprint density at radius 3 is 2.29 bits per heavy atom. The summed E-state index contributed by atoms with van der Waals surface area (Å²) in [5.74, 6) is -1.38. The molecule has 2 aromatic rings. The maximum absolute atomic E-state index is 12.2. The third-order valence-corrected chi connectivity index (χ3v) is 4.69. The van der Waals surface area contributed by atoms with Crippen LogP contribution in [0.5, 0.6) is 0 Å². The van der Waals surface area contributed by atoms with Crippen LogP contribution in [-0.4, -0.2) is 32.3 Å². The average molecular weight is 345 g/mol. The van der Waals surface area contributed by atoms with Gasteiger partial charge in [-0.2, -0.15) is 0 Å². The van der Waals surface area contributed by atoms with Gasteiger partial charge in [0.2, 0.25) is 10.0 Å². The average Bonchev–Trinajstić information content (AvgIpc) is 2.60. The number of carboxylic acid groups (broad SMARTS) is 1. The monoisotopic (exact) mass is 345 g/mol. The van der Waals surface area contributed by atoms with E-state index in [2.05, 4.69) is 4.72 Å². The molecule has 0 aliphatic rings. The van der Waals surface area contributed by atoms with E-state index in [1.165, 1.54) is 55.6 Å². The summed E-state index contributed by atoms with van der Waals surface area (Å²) in [7, 11) is -2.32. The van der Waals surface area contributed by atoms with Crippen LogP contribution in [0.25, 0.3) is 6.08 Å². The smallest absolute Gasteiger partial charge is 0.335 e. The molecular weight excluding hydrogens is 330 g/mol. The molecule has 0 saturated carbocycles. The molecule has 0 aromatic heterocycles. The molecule has 7 heteroatoms. The fourth-order valence-corrected chi connectivity index (χ4v) is 2.71. The number of rotatable bonds is 6. The fourth-order valence-electron chi connectivity index (χ4n) is 1.94. The first-order chi connectivity index (χ1) is 11.3. The zero-order chi connectivity index (χ0) is 17.7. The van der Waals surface area contributed by atoms with Gasteiger partial charge in [0.05, 0.1) is 10.5 Å². The lowest BCUT2D eigenvalue weighted by Gasteiger charge is -2.03. The molecule has 2 aromatic carbocycles. The van der Waals surface area contributed by atoms with E-state index in [1.54, 1.807) is 12.1 Å². The predicted octanol–water partition coefficient (Wildman–Crippen LogP) is 2.19. The molecule has 0 unspecified atom stereocenters. The van der Waals surface area contributed by atoms with Crippen LogP contribution >= 0.6 is 0 Å². The predicted molar refractivity (Wildman–Crippen MR) is 89.5 cm³/mol. The van der Waals surface area contributed by atoms with E-state index < -0.39 is 16.0 Å². The molecule has 2 rings (SSSR count). The molecule has 0 aliphatic carbocycles. The number of hydrogen-bond donors (Lipinski definition) is 2. The zero-order valence-corrected chi connectivity index (χ0v) is 13.6. The van der Waals surface area contributed by atoms with E-state index in [4.69, 9.17) is 5.11 Å². The van der Waals surface area contributed by atoms with Crippen LogP contribution in [0.4, 0.5) is 0 Å². The molecule has 0 atom stereocenters. The standard InChI is InChI=1S/C17H15NO5S/c1-18-24(22,23)15-4-2-3-14(11-15)16(19)10-7-12-5-8-13(9-6-12)17(20)21/h2-11,18H,1H3,(H,20,21)/b10-7-. The van der Waals surface area contributed by atoms with Crippen molar-refractivity contribution in [1.29, 1.82) is 0 Å². The second kappa shape index (κ2) is 7.20. The molecule has 124 valence electrons. The van der Waals surface area contributed by atoms with Gasteiger partial charge in [-0.1, -0.05) is 30.3 Å². The van der Waals surface area contributed by atoms with E-state index >= 15 is 0 Å². The number of ketones is 1. The van der Waals surface area contributed by atoms with E-state index in [1.807, 2.05) is 0 Å². The van der Waals surface area contributed by atoms with Crippen molar-refractivity contribution in [1.82, 2.24) is 4.72 Å². The van der Waals surface area contributed by atoms with Crippen molar-refractivity contribution in [2.24, 2.45) is 0 Å². The Kier molecular flexibility index (Phi) is 5.28. The molecule has 6 nitrogen and oxygen atoms in total. The third kappa shape index (κ3) is 4.15. The lowest BCUT2D eigenvalue weighted by molar-refractivity contribution is 0.0696. The van der Waals surface area contributed by atoms with Gasteiger partial charge in [-0.05, 0) is 43.0 Å². The van der Waals surface area contributed by atoms with Crippen molar-refractivity contribution in [2.45, 2.75) is 4.90 Å². The normalized spacial score (nSPS) is 11.5. The molecule has 0 amide bonds. The first-order valence-corrected chi connectivity index (χ1v) is 8.41. The fraction of sp³-hybridized carbons (Fsp3) is 0.0588. The number of carbonyl (C=O) groups excluding carboxylic acids is 1. The second-order valence-corrected chi connectivity index (χ2v) is 6.75. The van der Waals surface area contributed by atoms with Crippen LogP contribution in [0.1, 0.15) is 26.3 Å². The van der Waals surface area contributed by atoms with Crippen molar-refractivity contribution in [3.05, 3.63) is 71.3 Å². The van der Waals surface area contributed by atoms with Crippen molar-refractivity contribution >= 4 is 27.9 Å². The maximum atomic E-state index is 12.2. The molecule has 0 bridgehead atoms. The minimum absolute atomic E-state index is 0.00932. The van der Waals surface area contributed by atoms with Gasteiger partial charge >= 0.3 is 5.97 Å². The lowest BCUT2D eigenvalue weighted by atomic mass is 10.1. The summed E-state index contributed by atoms with van der Waals surface area (Å²) in [6.07, 6.45) is 2.84. The Labute approximate surface area is 139 Å². The third-order valence-electron chi connectivity index (χ3n) is 3.28. The van der Waals surface area contributed by atoms with E-state index in [0.29, 0.717) is 5.56 Å². The van der Waals surface area contributed by atoms with E-state index in [-0.39, 0.29) is 21.8 Å². The molecule has 0 fully saturated rings. The summed E-state index contributed by atoms with van der Waals surface area (Å²) in [6.45, 7) is 0. The van der Waals surface area contributed by atoms with Crippen LogP contribution in [0.2, 0.25) is 0 Å². The van der Waals surface area contributed by atoms with Gasteiger partial charge in [0.25, 0.3) is 0 Å². The van der Waals surface area contributed by atoms with Crippen LogP contribution in [-0.2, 0) is 10.0 Å². The van der Waals surface area contributed by atoms with Gasteiger partial charge in [0.1, 0.15) is 0 Å².